The van der Waals surface area contributed by atoms with Gasteiger partial charge in [-0.25, -0.2) is 0 Å². The highest BCUT2D eigenvalue weighted by Gasteiger charge is 2.60. The molecule has 0 aromatic carbocycles. The van der Waals surface area contributed by atoms with Crippen molar-refractivity contribution in [3.8, 4) is 0 Å². The quantitative estimate of drug-likeness (QED) is 0.581. The van der Waals surface area contributed by atoms with Crippen LogP contribution in [0.5, 0.6) is 0 Å². The molecule has 0 saturated heterocycles. The van der Waals surface area contributed by atoms with E-state index in [4.69, 9.17) is 0 Å². The van der Waals surface area contributed by atoms with Crippen LogP contribution in [-0.4, -0.2) is 11.2 Å². The fourth-order valence-electron chi connectivity index (χ4n) is 5.30. The summed E-state index contributed by atoms with van der Waals surface area (Å²) >= 11 is 0. The van der Waals surface area contributed by atoms with Crippen LogP contribution in [0, 0.1) is 35.5 Å². The van der Waals surface area contributed by atoms with Crippen LogP contribution in [0.1, 0.15) is 25.7 Å². The summed E-state index contributed by atoms with van der Waals surface area (Å²) in [5, 5.41) is 10.0. The first kappa shape index (κ1) is 7.92. The van der Waals surface area contributed by atoms with E-state index in [2.05, 4.69) is 12.2 Å². The third-order valence-electron chi connectivity index (χ3n) is 5.63. The van der Waals surface area contributed by atoms with Crippen LogP contribution in [0.2, 0.25) is 0 Å². The fourth-order valence-corrected chi connectivity index (χ4v) is 5.30. The first-order valence-electron chi connectivity index (χ1n) is 6.21. The minimum atomic E-state index is 0.0524. The number of aliphatic hydroxyl groups is 1. The molecule has 3 fully saturated rings. The molecule has 1 nitrogen and oxygen atoms in total. The summed E-state index contributed by atoms with van der Waals surface area (Å²) in [5.74, 6) is 5.24. The van der Waals surface area contributed by atoms with Gasteiger partial charge in [0.1, 0.15) is 0 Å². The molecule has 1 N–H and O–H groups in total. The van der Waals surface area contributed by atoms with Crippen molar-refractivity contribution in [2.45, 2.75) is 31.8 Å². The molecule has 0 aromatic rings. The van der Waals surface area contributed by atoms with Gasteiger partial charge in [0.2, 0.25) is 0 Å². The van der Waals surface area contributed by atoms with Crippen molar-refractivity contribution in [3.63, 3.8) is 0 Å². The molecule has 1 heteroatoms. The Morgan fingerprint density at radius 2 is 1.93 bits per heavy atom. The third kappa shape index (κ3) is 0.735. The van der Waals surface area contributed by atoms with Crippen molar-refractivity contribution in [2.24, 2.45) is 35.5 Å². The van der Waals surface area contributed by atoms with Crippen LogP contribution in [0.25, 0.3) is 0 Å². The molecule has 4 rings (SSSR count). The minimum Gasteiger partial charge on any atom is -0.393 e. The smallest absolute Gasteiger partial charge is 0.0574 e. The van der Waals surface area contributed by atoms with E-state index in [1.807, 2.05) is 0 Å². The second-order valence-electron chi connectivity index (χ2n) is 5.85. The average molecular weight is 190 g/mol. The number of aliphatic hydroxyl groups excluding tert-OH is 1. The second kappa shape index (κ2) is 2.44. The molecule has 0 spiro atoms. The van der Waals surface area contributed by atoms with Gasteiger partial charge in [0.15, 0.2) is 0 Å². The summed E-state index contributed by atoms with van der Waals surface area (Å²) in [7, 11) is 0. The summed E-state index contributed by atoms with van der Waals surface area (Å²) in [4.78, 5) is 0. The van der Waals surface area contributed by atoms with Gasteiger partial charge in [-0.2, -0.15) is 0 Å². The Labute approximate surface area is 85.2 Å². The normalized spacial score (nSPS) is 63.4. The predicted octanol–water partition coefficient (Wildman–Crippen LogP) is 2.22. The number of hydrogen-bond acceptors (Lipinski definition) is 1. The first-order valence-corrected chi connectivity index (χ1v) is 6.21. The molecule has 3 saturated carbocycles. The maximum absolute atomic E-state index is 10.0. The van der Waals surface area contributed by atoms with E-state index in [1.54, 1.807) is 0 Å². The van der Waals surface area contributed by atoms with Gasteiger partial charge >= 0.3 is 0 Å². The van der Waals surface area contributed by atoms with E-state index in [-0.39, 0.29) is 6.10 Å². The van der Waals surface area contributed by atoms with Crippen LogP contribution < -0.4 is 0 Å². The molecule has 76 valence electrons. The van der Waals surface area contributed by atoms with Gasteiger partial charge in [-0.15, -0.1) is 0 Å². The zero-order valence-corrected chi connectivity index (χ0v) is 8.47. The molecule has 0 radical (unpaired) electrons. The standard InChI is InChI=1S/C13H18O/c14-12-5-4-9-10-6-11(13(9)12)8-3-1-2-7(8)10/h1-2,7-14H,3-6H2/t7-,8+,9+,10+,11-,12?,13+/m1/s1. The highest BCUT2D eigenvalue weighted by Crippen LogP contribution is 2.65. The summed E-state index contributed by atoms with van der Waals surface area (Å²) in [5.41, 5.74) is 0. The molecule has 0 heterocycles. The van der Waals surface area contributed by atoms with Crippen LogP contribution in [0.3, 0.4) is 0 Å². The van der Waals surface area contributed by atoms with Gasteiger partial charge in [-0.1, -0.05) is 12.2 Å². The lowest BCUT2D eigenvalue weighted by atomic mass is 9.70. The van der Waals surface area contributed by atoms with Crippen LogP contribution in [0.4, 0.5) is 0 Å². The molecule has 0 aliphatic heterocycles. The van der Waals surface area contributed by atoms with Crippen molar-refractivity contribution in [1.82, 2.24) is 0 Å². The van der Waals surface area contributed by atoms with E-state index < -0.39 is 0 Å². The summed E-state index contributed by atoms with van der Waals surface area (Å²) in [6.07, 6.45) is 10.1. The summed E-state index contributed by atoms with van der Waals surface area (Å²) < 4.78 is 0. The van der Waals surface area contributed by atoms with Gasteiger partial charge < -0.3 is 5.11 Å². The van der Waals surface area contributed by atoms with E-state index in [0.29, 0.717) is 5.92 Å². The molecule has 2 bridgehead atoms. The summed E-state index contributed by atoms with van der Waals surface area (Å²) in [6, 6.07) is 0. The molecule has 7 atom stereocenters. The fraction of sp³-hybridized carbons (Fsp3) is 0.846. The van der Waals surface area contributed by atoms with Crippen molar-refractivity contribution in [1.29, 1.82) is 0 Å². The minimum absolute atomic E-state index is 0.0524. The number of allylic oxidation sites excluding steroid dienone is 2. The molecule has 1 unspecified atom stereocenters. The van der Waals surface area contributed by atoms with Crippen molar-refractivity contribution in [2.75, 3.05) is 0 Å². The lowest BCUT2D eigenvalue weighted by molar-refractivity contribution is 0.0538. The van der Waals surface area contributed by atoms with Gasteiger partial charge in [0, 0.05) is 0 Å². The maximum Gasteiger partial charge on any atom is 0.0574 e. The van der Waals surface area contributed by atoms with E-state index in [1.165, 1.54) is 19.3 Å². The zero-order valence-electron chi connectivity index (χ0n) is 8.47. The Hall–Kier alpha value is -0.300. The highest BCUT2D eigenvalue weighted by molar-refractivity contribution is 5.18. The second-order valence-corrected chi connectivity index (χ2v) is 5.85. The van der Waals surface area contributed by atoms with Crippen molar-refractivity contribution in [3.05, 3.63) is 12.2 Å². The lowest BCUT2D eigenvalue weighted by Gasteiger charge is -2.35. The Balaban J connectivity index is 1.73. The van der Waals surface area contributed by atoms with Crippen LogP contribution in [-0.2, 0) is 0 Å². The van der Waals surface area contributed by atoms with Gasteiger partial charge in [0.05, 0.1) is 6.10 Å². The van der Waals surface area contributed by atoms with E-state index in [0.717, 1.165) is 36.0 Å². The van der Waals surface area contributed by atoms with Crippen molar-refractivity contribution >= 4 is 0 Å². The number of fused-ring (bicyclic) bond motifs is 8. The lowest BCUT2D eigenvalue weighted by Crippen LogP contribution is -2.33. The Bertz CT molecular complexity index is 296. The third-order valence-corrected chi connectivity index (χ3v) is 5.63. The molecule has 4 aliphatic rings. The molecular formula is C13H18O. The van der Waals surface area contributed by atoms with Crippen LogP contribution in [0.15, 0.2) is 12.2 Å². The van der Waals surface area contributed by atoms with Crippen LogP contribution >= 0.6 is 0 Å². The average Bonchev–Trinajstić information content (AvgIpc) is 2.82. The SMILES string of the molecule is OC1CC[C@H]2[C@H]3C[C@H]([C@H]4CC=C[C@H]43)[C@@H]12. The largest absolute Gasteiger partial charge is 0.393 e. The molecule has 4 aliphatic carbocycles. The number of rotatable bonds is 0. The molecule has 14 heavy (non-hydrogen) atoms. The monoisotopic (exact) mass is 190 g/mol. The molecule has 0 aromatic heterocycles. The van der Waals surface area contributed by atoms with Gasteiger partial charge in [0.25, 0.3) is 0 Å². The Morgan fingerprint density at radius 1 is 1.00 bits per heavy atom. The Morgan fingerprint density at radius 3 is 2.86 bits per heavy atom. The van der Waals surface area contributed by atoms with Crippen molar-refractivity contribution < 1.29 is 5.11 Å². The molecule has 0 amide bonds. The Kier molecular flexibility index (Phi) is 1.38. The topological polar surface area (TPSA) is 20.2 Å². The summed E-state index contributed by atoms with van der Waals surface area (Å²) in [6.45, 7) is 0. The van der Waals surface area contributed by atoms with E-state index in [9.17, 15) is 5.11 Å². The van der Waals surface area contributed by atoms with Gasteiger partial charge in [-0.3, -0.25) is 0 Å². The van der Waals surface area contributed by atoms with E-state index >= 15 is 0 Å². The number of hydrogen-bond donors (Lipinski definition) is 1. The first-order chi connectivity index (χ1) is 6.86. The maximum atomic E-state index is 10.0. The zero-order chi connectivity index (χ0) is 9.28. The van der Waals surface area contributed by atoms with Gasteiger partial charge in [-0.05, 0) is 61.2 Å². The predicted molar refractivity (Wildman–Crippen MR) is 54.6 cm³/mol. The molecular weight excluding hydrogens is 172 g/mol. The highest BCUT2D eigenvalue weighted by atomic mass is 16.3.